The van der Waals surface area contributed by atoms with Crippen LogP contribution >= 0.6 is 0 Å². The summed E-state index contributed by atoms with van der Waals surface area (Å²) in [4.78, 5) is 25.2. The number of likely N-dealkylation sites (tertiary alicyclic amines) is 1. The van der Waals surface area contributed by atoms with Gasteiger partial charge in [0.15, 0.2) is 0 Å². The molecule has 2 aromatic rings. The number of aromatic carboxylic acids is 1. The molecule has 1 saturated heterocycles. The summed E-state index contributed by atoms with van der Waals surface area (Å²) in [5.41, 5.74) is 2.56. The number of carbonyl (C=O) groups is 2. The molecule has 6 nitrogen and oxygen atoms in total. The first kappa shape index (κ1) is 20.7. The molecule has 0 radical (unpaired) electrons. The number of carboxylic acids is 1. The van der Waals surface area contributed by atoms with Crippen LogP contribution in [0, 0.1) is 0 Å². The molecule has 29 heavy (non-hydrogen) atoms. The van der Waals surface area contributed by atoms with Gasteiger partial charge in [-0.1, -0.05) is 31.2 Å². The van der Waals surface area contributed by atoms with Gasteiger partial charge in [-0.05, 0) is 62.1 Å². The van der Waals surface area contributed by atoms with E-state index >= 15 is 0 Å². The lowest BCUT2D eigenvalue weighted by Gasteiger charge is -2.39. The molecule has 3 rings (SSSR count). The van der Waals surface area contributed by atoms with Crippen LogP contribution in [-0.4, -0.2) is 46.9 Å². The van der Waals surface area contributed by atoms with Gasteiger partial charge in [0.1, 0.15) is 17.5 Å². The molecule has 0 saturated carbocycles. The largest absolute Gasteiger partial charge is 0.487 e. The Kier molecular flexibility index (Phi) is 5.82. The minimum Gasteiger partial charge on any atom is -0.487 e. The number of amides is 1. The molecule has 0 atom stereocenters. The normalized spacial score (nSPS) is 14.3. The highest BCUT2D eigenvalue weighted by Gasteiger charge is 2.35. The lowest BCUT2D eigenvalue weighted by molar-refractivity contribution is -0.0221. The Morgan fingerprint density at radius 2 is 1.72 bits per heavy atom. The fourth-order valence-electron chi connectivity index (χ4n) is 3.07. The Hall–Kier alpha value is -3.02. The molecule has 6 heteroatoms. The van der Waals surface area contributed by atoms with Crippen molar-refractivity contribution < 1.29 is 24.2 Å². The lowest BCUT2D eigenvalue weighted by atomic mass is 10.0. The second-order valence-corrected chi connectivity index (χ2v) is 8.23. The third kappa shape index (κ3) is 5.28. The molecular formula is C23H27NO5. The number of benzene rings is 2. The van der Waals surface area contributed by atoms with Crippen LogP contribution in [-0.2, 0) is 11.2 Å². The first-order valence-corrected chi connectivity index (χ1v) is 9.77. The Morgan fingerprint density at radius 1 is 1.07 bits per heavy atom. The van der Waals surface area contributed by atoms with Gasteiger partial charge < -0.3 is 19.5 Å². The van der Waals surface area contributed by atoms with Gasteiger partial charge in [0.2, 0.25) is 0 Å². The third-order valence-corrected chi connectivity index (χ3v) is 4.65. The fraction of sp³-hybridized carbons (Fsp3) is 0.391. The number of hydrogen-bond acceptors (Lipinski definition) is 4. The molecule has 0 bridgehead atoms. The molecule has 1 N–H and O–H groups in total. The maximum Gasteiger partial charge on any atom is 0.410 e. The average molecular weight is 397 g/mol. The first-order chi connectivity index (χ1) is 13.6. The molecule has 0 aliphatic carbocycles. The Bertz CT molecular complexity index is 892. The highest BCUT2D eigenvalue weighted by molar-refractivity contribution is 5.90. The van der Waals surface area contributed by atoms with Crippen molar-refractivity contribution in [3.05, 3.63) is 53.6 Å². The average Bonchev–Trinajstić information content (AvgIpc) is 2.62. The summed E-state index contributed by atoms with van der Waals surface area (Å²) >= 11 is 0. The van der Waals surface area contributed by atoms with Gasteiger partial charge in [0.25, 0.3) is 0 Å². The predicted octanol–water partition coefficient (Wildman–Crippen LogP) is 4.61. The van der Waals surface area contributed by atoms with E-state index in [-0.39, 0.29) is 17.8 Å². The van der Waals surface area contributed by atoms with E-state index in [0.717, 1.165) is 17.5 Å². The molecule has 1 aliphatic heterocycles. The van der Waals surface area contributed by atoms with Crippen molar-refractivity contribution in [3.8, 4) is 16.9 Å². The fourth-order valence-corrected chi connectivity index (χ4v) is 3.07. The summed E-state index contributed by atoms with van der Waals surface area (Å²) in [6.07, 6.45) is 0.384. The van der Waals surface area contributed by atoms with Crippen molar-refractivity contribution in [3.63, 3.8) is 0 Å². The standard InChI is InChI=1S/C23H27NO5/c1-5-15-6-8-16(9-7-15)17-10-18(21(25)26)12-19(11-17)28-20-13-24(14-20)22(27)29-23(2,3)4/h6-12,20H,5,13-14H2,1-4H3,(H,25,26). The van der Waals surface area contributed by atoms with E-state index < -0.39 is 11.6 Å². The van der Waals surface area contributed by atoms with Crippen molar-refractivity contribution in [2.24, 2.45) is 0 Å². The minimum absolute atomic E-state index is 0.167. The van der Waals surface area contributed by atoms with E-state index in [2.05, 4.69) is 6.92 Å². The summed E-state index contributed by atoms with van der Waals surface area (Å²) < 4.78 is 11.3. The van der Waals surface area contributed by atoms with Gasteiger partial charge in [0, 0.05) is 0 Å². The molecule has 2 aromatic carbocycles. The Balaban J connectivity index is 1.72. The third-order valence-electron chi connectivity index (χ3n) is 4.65. The quantitative estimate of drug-likeness (QED) is 0.797. The van der Waals surface area contributed by atoms with Crippen molar-refractivity contribution in [1.29, 1.82) is 0 Å². The highest BCUT2D eigenvalue weighted by atomic mass is 16.6. The van der Waals surface area contributed by atoms with Crippen LogP contribution in [0.1, 0.15) is 43.6 Å². The van der Waals surface area contributed by atoms with Gasteiger partial charge in [-0.25, -0.2) is 9.59 Å². The highest BCUT2D eigenvalue weighted by Crippen LogP contribution is 2.29. The smallest absolute Gasteiger partial charge is 0.410 e. The molecule has 0 unspecified atom stereocenters. The Morgan fingerprint density at radius 3 is 2.28 bits per heavy atom. The maximum atomic E-state index is 12.0. The van der Waals surface area contributed by atoms with Crippen LogP contribution in [0.3, 0.4) is 0 Å². The number of carbonyl (C=O) groups excluding carboxylic acids is 1. The molecule has 1 heterocycles. The molecule has 0 aromatic heterocycles. The van der Waals surface area contributed by atoms with E-state index in [1.807, 2.05) is 51.1 Å². The van der Waals surface area contributed by atoms with E-state index in [1.165, 1.54) is 11.6 Å². The van der Waals surface area contributed by atoms with Crippen molar-refractivity contribution >= 4 is 12.1 Å². The van der Waals surface area contributed by atoms with Crippen LogP contribution < -0.4 is 4.74 Å². The van der Waals surface area contributed by atoms with Crippen LogP contribution in [0.4, 0.5) is 4.79 Å². The second kappa shape index (κ2) is 8.15. The first-order valence-electron chi connectivity index (χ1n) is 9.77. The van der Waals surface area contributed by atoms with Gasteiger partial charge in [-0.15, -0.1) is 0 Å². The van der Waals surface area contributed by atoms with Crippen LogP contribution in [0.25, 0.3) is 11.1 Å². The number of nitrogens with zero attached hydrogens (tertiary/aromatic N) is 1. The van der Waals surface area contributed by atoms with Gasteiger partial charge in [-0.3, -0.25) is 0 Å². The molecule has 1 aliphatic rings. The van der Waals surface area contributed by atoms with Crippen LogP contribution in [0.5, 0.6) is 5.75 Å². The molecule has 154 valence electrons. The minimum atomic E-state index is -1.01. The van der Waals surface area contributed by atoms with E-state index in [1.54, 1.807) is 11.0 Å². The van der Waals surface area contributed by atoms with Crippen LogP contribution in [0.2, 0.25) is 0 Å². The zero-order valence-electron chi connectivity index (χ0n) is 17.3. The zero-order valence-corrected chi connectivity index (χ0v) is 17.3. The summed E-state index contributed by atoms with van der Waals surface area (Å²) in [6, 6.07) is 13.0. The van der Waals surface area contributed by atoms with E-state index in [0.29, 0.717) is 18.8 Å². The van der Waals surface area contributed by atoms with Crippen molar-refractivity contribution in [1.82, 2.24) is 4.90 Å². The summed E-state index contributed by atoms with van der Waals surface area (Å²) in [5, 5.41) is 9.47. The monoisotopic (exact) mass is 397 g/mol. The Labute approximate surface area is 171 Å². The predicted molar refractivity (Wildman–Crippen MR) is 110 cm³/mol. The number of aryl methyl sites for hydroxylation is 1. The number of ether oxygens (including phenoxy) is 2. The number of hydrogen-bond donors (Lipinski definition) is 1. The molecule has 0 spiro atoms. The second-order valence-electron chi connectivity index (χ2n) is 8.23. The summed E-state index contributed by atoms with van der Waals surface area (Å²) in [5.74, 6) is -0.529. The number of carboxylic acid groups (broad SMARTS) is 1. The van der Waals surface area contributed by atoms with Gasteiger partial charge >= 0.3 is 12.1 Å². The summed E-state index contributed by atoms with van der Waals surface area (Å²) in [7, 11) is 0. The van der Waals surface area contributed by atoms with Gasteiger partial charge in [0.05, 0.1) is 18.7 Å². The van der Waals surface area contributed by atoms with Crippen LogP contribution in [0.15, 0.2) is 42.5 Å². The van der Waals surface area contributed by atoms with Gasteiger partial charge in [-0.2, -0.15) is 0 Å². The van der Waals surface area contributed by atoms with Crippen molar-refractivity contribution in [2.45, 2.75) is 45.8 Å². The molecular weight excluding hydrogens is 370 g/mol. The summed E-state index contributed by atoms with van der Waals surface area (Å²) in [6.45, 7) is 8.38. The van der Waals surface area contributed by atoms with E-state index in [9.17, 15) is 14.7 Å². The zero-order chi connectivity index (χ0) is 21.2. The van der Waals surface area contributed by atoms with E-state index in [4.69, 9.17) is 9.47 Å². The molecule has 1 amide bonds. The number of rotatable bonds is 5. The topological polar surface area (TPSA) is 76.1 Å². The molecule has 1 fully saturated rings. The lowest BCUT2D eigenvalue weighted by Crippen LogP contribution is -2.57. The van der Waals surface area contributed by atoms with Crippen molar-refractivity contribution in [2.75, 3.05) is 13.1 Å². The maximum absolute atomic E-state index is 12.0. The SMILES string of the molecule is CCc1ccc(-c2cc(OC3CN(C(=O)OC(C)(C)C)C3)cc(C(=O)O)c2)cc1.